The van der Waals surface area contributed by atoms with Gasteiger partial charge in [-0.15, -0.1) is 0 Å². The Balaban J connectivity index is 1.32. The minimum atomic E-state index is -0.189. The molecule has 5 aromatic rings. The molecule has 0 spiro atoms. The molecular weight excluding hydrogens is 410 g/mol. The van der Waals surface area contributed by atoms with Gasteiger partial charge in [-0.1, -0.05) is 42.5 Å². The van der Waals surface area contributed by atoms with Crippen LogP contribution in [0.2, 0.25) is 0 Å². The van der Waals surface area contributed by atoms with Crippen molar-refractivity contribution in [3.63, 3.8) is 0 Å². The molecule has 0 saturated carbocycles. The second-order valence-electron chi connectivity index (χ2n) is 7.59. The van der Waals surface area contributed by atoms with Crippen LogP contribution in [0.15, 0.2) is 103 Å². The number of carbonyl (C=O) groups is 1. The molecule has 0 unspecified atom stereocenters. The molecule has 0 aliphatic rings. The molecule has 160 valence electrons. The molecule has 1 amide bonds. The molecule has 0 bridgehead atoms. The van der Waals surface area contributed by atoms with Crippen LogP contribution in [-0.2, 0) is 0 Å². The number of nitrogen functional groups attached to an aromatic ring is 1. The highest BCUT2D eigenvalue weighted by molar-refractivity contribution is 6.04. The van der Waals surface area contributed by atoms with Gasteiger partial charge in [-0.05, 0) is 59.3 Å². The van der Waals surface area contributed by atoms with Gasteiger partial charge in [0.2, 0.25) is 0 Å². The van der Waals surface area contributed by atoms with Crippen LogP contribution in [0.3, 0.4) is 0 Å². The molecule has 0 fully saturated rings. The van der Waals surface area contributed by atoms with Crippen LogP contribution in [0.5, 0.6) is 0 Å². The van der Waals surface area contributed by atoms with Gasteiger partial charge in [0.25, 0.3) is 5.91 Å². The van der Waals surface area contributed by atoms with Crippen molar-refractivity contribution in [2.24, 2.45) is 0 Å². The number of anilines is 4. The van der Waals surface area contributed by atoms with Crippen LogP contribution in [0.1, 0.15) is 10.4 Å². The first-order chi connectivity index (χ1) is 16.2. The van der Waals surface area contributed by atoms with E-state index in [1.807, 2.05) is 48.5 Å². The second kappa shape index (κ2) is 8.80. The maximum atomic E-state index is 12.4. The highest BCUT2D eigenvalue weighted by Crippen LogP contribution is 2.28. The van der Waals surface area contributed by atoms with Gasteiger partial charge in [0.15, 0.2) is 0 Å². The normalized spacial score (nSPS) is 10.7. The lowest BCUT2D eigenvalue weighted by Crippen LogP contribution is -2.11. The minimum Gasteiger partial charge on any atom is -0.399 e. The van der Waals surface area contributed by atoms with E-state index in [2.05, 4.69) is 44.9 Å². The summed E-state index contributed by atoms with van der Waals surface area (Å²) < 4.78 is 0. The number of nitrogens with one attached hydrogen (secondary N) is 2. The Hall–Kier alpha value is -4.71. The molecule has 4 N–H and O–H groups in total. The highest BCUT2D eigenvalue weighted by atomic mass is 16.1. The molecule has 1 heterocycles. The van der Waals surface area contributed by atoms with Crippen LogP contribution < -0.4 is 16.4 Å². The zero-order valence-corrected chi connectivity index (χ0v) is 17.7. The second-order valence-corrected chi connectivity index (χ2v) is 7.59. The summed E-state index contributed by atoms with van der Waals surface area (Å²) in [6.07, 6.45) is 1.56. The fourth-order valence-corrected chi connectivity index (χ4v) is 3.64. The Morgan fingerprint density at radius 2 is 1.48 bits per heavy atom. The van der Waals surface area contributed by atoms with Crippen molar-refractivity contribution in [1.82, 2.24) is 9.97 Å². The van der Waals surface area contributed by atoms with E-state index in [1.54, 1.807) is 30.6 Å². The molecular formula is C27H21N5O. The predicted octanol–water partition coefficient (Wildman–Crippen LogP) is 5.87. The maximum Gasteiger partial charge on any atom is 0.255 e. The third-order valence-corrected chi connectivity index (χ3v) is 5.32. The van der Waals surface area contributed by atoms with Crippen LogP contribution in [0.25, 0.3) is 22.0 Å². The first kappa shape index (κ1) is 20.2. The molecule has 5 rings (SSSR count). The first-order valence-electron chi connectivity index (χ1n) is 10.5. The molecule has 33 heavy (non-hydrogen) atoms. The topological polar surface area (TPSA) is 92.9 Å². The standard InChI is InChI=1S/C27H21N5O/c28-20-10-8-19(9-11-20)27(33)32-22-14-12-21(13-15-22)31-26-16-25(29-17-30-26)24-7-3-5-18-4-1-2-6-23(18)24/h1-17H,28H2,(H,32,33)(H,29,30,31). The van der Waals surface area contributed by atoms with Gasteiger partial charge in [0.05, 0.1) is 5.69 Å². The van der Waals surface area contributed by atoms with E-state index in [4.69, 9.17) is 5.73 Å². The third kappa shape index (κ3) is 4.50. The fourth-order valence-electron chi connectivity index (χ4n) is 3.64. The van der Waals surface area contributed by atoms with Crippen molar-refractivity contribution in [3.8, 4) is 11.3 Å². The summed E-state index contributed by atoms with van der Waals surface area (Å²) in [5.41, 5.74) is 10.3. The van der Waals surface area contributed by atoms with Gasteiger partial charge < -0.3 is 16.4 Å². The number of rotatable bonds is 5. The molecule has 0 aliphatic heterocycles. The Morgan fingerprint density at radius 3 is 2.30 bits per heavy atom. The van der Waals surface area contributed by atoms with Crippen LogP contribution in [-0.4, -0.2) is 15.9 Å². The largest absolute Gasteiger partial charge is 0.399 e. The van der Waals surface area contributed by atoms with Crippen molar-refractivity contribution in [2.75, 3.05) is 16.4 Å². The average Bonchev–Trinajstić information content (AvgIpc) is 2.85. The van der Waals surface area contributed by atoms with Crippen LogP contribution >= 0.6 is 0 Å². The molecule has 4 aromatic carbocycles. The van der Waals surface area contributed by atoms with Crippen molar-refractivity contribution in [3.05, 3.63) is 109 Å². The van der Waals surface area contributed by atoms with Crippen molar-refractivity contribution < 1.29 is 4.79 Å². The van der Waals surface area contributed by atoms with E-state index in [0.717, 1.165) is 22.3 Å². The Labute approximate surface area is 191 Å². The summed E-state index contributed by atoms with van der Waals surface area (Å²) in [4.78, 5) is 21.2. The zero-order chi connectivity index (χ0) is 22.6. The van der Waals surface area contributed by atoms with Crippen LogP contribution in [0.4, 0.5) is 22.9 Å². The number of amides is 1. The summed E-state index contributed by atoms with van der Waals surface area (Å²) in [7, 11) is 0. The summed E-state index contributed by atoms with van der Waals surface area (Å²) in [6, 6.07) is 30.6. The van der Waals surface area contributed by atoms with Gasteiger partial charge in [0.1, 0.15) is 12.1 Å². The lowest BCUT2D eigenvalue weighted by Gasteiger charge is -2.10. The number of nitrogens with zero attached hydrogens (tertiary/aromatic N) is 2. The molecule has 6 heteroatoms. The highest BCUT2D eigenvalue weighted by Gasteiger charge is 2.08. The quantitative estimate of drug-likeness (QED) is 0.302. The van der Waals surface area contributed by atoms with E-state index in [-0.39, 0.29) is 5.91 Å². The van der Waals surface area contributed by atoms with Crippen molar-refractivity contribution in [1.29, 1.82) is 0 Å². The third-order valence-electron chi connectivity index (χ3n) is 5.32. The Kier molecular flexibility index (Phi) is 5.39. The smallest absolute Gasteiger partial charge is 0.255 e. The number of hydrogen-bond acceptors (Lipinski definition) is 5. The number of benzene rings is 4. The number of fused-ring (bicyclic) bond motifs is 1. The molecule has 0 radical (unpaired) electrons. The van der Waals surface area contributed by atoms with Gasteiger partial charge in [0, 0.05) is 34.3 Å². The summed E-state index contributed by atoms with van der Waals surface area (Å²) in [5, 5.41) is 8.50. The molecule has 0 aliphatic carbocycles. The van der Waals surface area contributed by atoms with Crippen molar-refractivity contribution in [2.45, 2.75) is 0 Å². The summed E-state index contributed by atoms with van der Waals surface area (Å²) in [5.74, 6) is 0.498. The Bertz CT molecular complexity index is 1420. The van der Waals surface area contributed by atoms with E-state index >= 15 is 0 Å². The monoisotopic (exact) mass is 431 g/mol. The average molecular weight is 431 g/mol. The molecule has 6 nitrogen and oxygen atoms in total. The van der Waals surface area contributed by atoms with Gasteiger partial charge in [-0.25, -0.2) is 9.97 Å². The fraction of sp³-hybridized carbons (Fsp3) is 0. The Morgan fingerprint density at radius 1 is 0.758 bits per heavy atom. The van der Waals surface area contributed by atoms with E-state index in [0.29, 0.717) is 22.8 Å². The van der Waals surface area contributed by atoms with Gasteiger partial charge in [-0.2, -0.15) is 0 Å². The lowest BCUT2D eigenvalue weighted by atomic mass is 10.0. The molecule has 0 atom stereocenters. The summed E-state index contributed by atoms with van der Waals surface area (Å²) in [6.45, 7) is 0. The lowest BCUT2D eigenvalue weighted by molar-refractivity contribution is 0.102. The van der Waals surface area contributed by atoms with Crippen molar-refractivity contribution >= 4 is 39.6 Å². The predicted molar refractivity (Wildman–Crippen MR) is 134 cm³/mol. The molecule has 0 saturated heterocycles. The summed E-state index contributed by atoms with van der Waals surface area (Å²) >= 11 is 0. The van der Waals surface area contributed by atoms with E-state index in [1.165, 1.54) is 5.39 Å². The van der Waals surface area contributed by atoms with Gasteiger partial charge >= 0.3 is 0 Å². The minimum absolute atomic E-state index is 0.189. The first-order valence-corrected chi connectivity index (χ1v) is 10.5. The van der Waals surface area contributed by atoms with E-state index in [9.17, 15) is 4.79 Å². The van der Waals surface area contributed by atoms with Crippen LogP contribution in [0, 0.1) is 0 Å². The number of nitrogens with two attached hydrogens (primary N) is 1. The SMILES string of the molecule is Nc1ccc(C(=O)Nc2ccc(Nc3cc(-c4cccc5ccccc45)ncn3)cc2)cc1. The number of carbonyl (C=O) groups excluding carboxylic acids is 1. The maximum absolute atomic E-state index is 12.4. The zero-order valence-electron chi connectivity index (χ0n) is 17.7. The number of hydrogen-bond donors (Lipinski definition) is 3. The molecule has 1 aromatic heterocycles. The van der Waals surface area contributed by atoms with Gasteiger partial charge in [-0.3, -0.25) is 4.79 Å². The van der Waals surface area contributed by atoms with E-state index < -0.39 is 0 Å². The number of aromatic nitrogens is 2.